The number of benzene rings is 1. The Morgan fingerprint density at radius 3 is 2.47 bits per heavy atom. The van der Waals surface area contributed by atoms with Crippen LogP contribution in [0.25, 0.3) is 0 Å². The van der Waals surface area contributed by atoms with E-state index in [-0.39, 0.29) is 6.04 Å². The first kappa shape index (κ1) is 13.4. The first-order valence-electron chi connectivity index (χ1n) is 6.18. The Labute approximate surface area is 112 Å². The van der Waals surface area contributed by atoms with Crippen molar-refractivity contribution in [2.45, 2.75) is 26.4 Å². The number of aromatic carboxylic acids is 1. The molecule has 0 bridgehead atoms. The highest BCUT2D eigenvalue weighted by Crippen LogP contribution is 2.15. The third-order valence-corrected chi connectivity index (χ3v) is 3.04. The van der Waals surface area contributed by atoms with E-state index in [9.17, 15) is 4.79 Å². The SMILES string of the molecule is Cc1ccc(CN[C@H](C)c2ccc(C(=O)O)cc2)o1. The molecule has 0 amide bonds. The molecule has 1 aromatic heterocycles. The lowest BCUT2D eigenvalue weighted by molar-refractivity contribution is 0.0697. The minimum Gasteiger partial charge on any atom is -0.478 e. The van der Waals surface area contributed by atoms with Crippen molar-refractivity contribution in [2.75, 3.05) is 0 Å². The number of aryl methyl sites for hydroxylation is 1. The van der Waals surface area contributed by atoms with Crippen molar-refractivity contribution in [1.29, 1.82) is 0 Å². The lowest BCUT2D eigenvalue weighted by Gasteiger charge is -2.13. The minimum absolute atomic E-state index is 0.133. The van der Waals surface area contributed by atoms with Gasteiger partial charge in [0, 0.05) is 6.04 Å². The van der Waals surface area contributed by atoms with Crippen molar-refractivity contribution >= 4 is 5.97 Å². The fraction of sp³-hybridized carbons (Fsp3) is 0.267. The zero-order valence-electron chi connectivity index (χ0n) is 11.0. The van der Waals surface area contributed by atoms with Crippen LogP contribution in [-0.2, 0) is 6.54 Å². The van der Waals surface area contributed by atoms with Crippen LogP contribution in [0.3, 0.4) is 0 Å². The summed E-state index contributed by atoms with van der Waals surface area (Å²) in [5.41, 5.74) is 1.35. The van der Waals surface area contributed by atoms with Crippen LogP contribution in [0, 0.1) is 6.92 Å². The van der Waals surface area contributed by atoms with Gasteiger partial charge < -0.3 is 14.8 Å². The van der Waals surface area contributed by atoms with Gasteiger partial charge in [-0.2, -0.15) is 0 Å². The van der Waals surface area contributed by atoms with Crippen LogP contribution in [-0.4, -0.2) is 11.1 Å². The standard InChI is InChI=1S/C15H17NO3/c1-10-3-8-14(19-10)9-16-11(2)12-4-6-13(7-5-12)15(17)18/h3-8,11,16H,9H2,1-2H3,(H,17,18)/t11-/m1/s1. The van der Waals surface area contributed by atoms with Crippen LogP contribution in [0.4, 0.5) is 0 Å². The van der Waals surface area contributed by atoms with Gasteiger partial charge >= 0.3 is 5.97 Å². The van der Waals surface area contributed by atoms with E-state index in [4.69, 9.17) is 9.52 Å². The Balaban J connectivity index is 1.95. The molecule has 1 atom stereocenters. The zero-order chi connectivity index (χ0) is 13.8. The van der Waals surface area contributed by atoms with Gasteiger partial charge in [0.2, 0.25) is 0 Å². The molecule has 4 nitrogen and oxygen atoms in total. The highest BCUT2D eigenvalue weighted by Gasteiger charge is 2.08. The lowest BCUT2D eigenvalue weighted by Crippen LogP contribution is -2.17. The molecular formula is C15H17NO3. The fourth-order valence-corrected chi connectivity index (χ4v) is 1.87. The molecule has 1 heterocycles. The summed E-state index contributed by atoms with van der Waals surface area (Å²) in [4.78, 5) is 10.8. The van der Waals surface area contributed by atoms with E-state index < -0.39 is 5.97 Å². The predicted molar refractivity (Wildman–Crippen MR) is 72.1 cm³/mol. The second-order valence-corrected chi connectivity index (χ2v) is 4.54. The molecular weight excluding hydrogens is 242 g/mol. The molecule has 0 saturated heterocycles. The smallest absolute Gasteiger partial charge is 0.335 e. The van der Waals surface area contributed by atoms with Crippen molar-refractivity contribution in [1.82, 2.24) is 5.32 Å². The van der Waals surface area contributed by atoms with Gasteiger partial charge in [0.25, 0.3) is 0 Å². The summed E-state index contributed by atoms with van der Waals surface area (Å²) < 4.78 is 5.48. The molecule has 0 fully saturated rings. The maximum Gasteiger partial charge on any atom is 0.335 e. The summed E-state index contributed by atoms with van der Waals surface area (Å²) >= 11 is 0. The monoisotopic (exact) mass is 259 g/mol. The third kappa shape index (κ3) is 3.45. The van der Waals surface area contributed by atoms with Crippen molar-refractivity contribution < 1.29 is 14.3 Å². The maximum atomic E-state index is 10.8. The van der Waals surface area contributed by atoms with Crippen molar-refractivity contribution in [3.05, 3.63) is 59.0 Å². The molecule has 1 aromatic carbocycles. The van der Waals surface area contributed by atoms with Gasteiger partial charge in [0.15, 0.2) is 0 Å². The Morgan fingerprint density at radius 2 is 1.95 bits per heavy atom. The van der Waals surface area contributed by atoms with Crippen LogP contribution >= 0.6 is 0 Å². The van der Waals surface area contributed by atoms with E-state index in [0.29, 0.717) is 12.1 Å². The third-order valence-electron chi connectivity index (χ3n) is 3.04. The average molecular weight is 259 g/mol. The number of carboxylic acids is 1. The van der Waals surface area contributed by atoms with Crippen LogP contribution < -0.4 is 5.32 Å². The van der Waals surface area contributed by atoms with Crippen LogP contribution in [0.5, 0.6) is 0 Å². The summed E-state index contributed by atoms with van der Waals surface area (Å²) in [6.07, 6.45) is 0. The molecule has 19 heavy (non-hydrogen) atoms. The van der Waals surface area contributed by atoms with Gasteiger partial charge in [-0.05, 0) is 43.7 Å². The molecule has 0 aliphatic carbocycles. The van der Waals surface area contributed by atoms with Crippen molar-refractivity contribution in [3.8, 4) is 0 Å². The van der Waals surface area contributed by atoms with Crippen molar-refractivity contribution in [2.24, 2.45) is 0 Å². The Bertz CT molecular complexity index is 557. The molecule has 0 aliphatic rings. The molecule has 0 spiro atoms. The van der Waals surface area contributed by atoms with Crippen LogP contribution in [0.2, 0.25) is 0 Å². The van der Waals surface area contributed by atoms with E-state index in [1.165, 1.54) is 0 Å². The number of furan rings is 1. The molecule has 2 aromatic rings. The topological polar surface area (TPSA) is 62.5 Å². The summed E-state index contributed by atoms with van der Waals surface area (Å²) in [6, 6.07) is 10.9. The predicted octanol–water partition coefficient (Wildman–Crippen LogP) is 3.14. The number of carboxylic acid groups (broad SMARTS) is 1. The molecule has 4 heteroatoms. The molecule has 100 valence electrons. The molecule has 0 unspecified atom stereocenters. The van der Waals surface area contributed by atoms with Gasteiger partial charge in [-0.3, -0.25) is 0 Å². The summed E-state index contributed by atoms with van der Waals surface area (Å²) in [7, 11) is 0. The Hall–Kier alpha value is -2.07. The highest BCUT2D eigenvalue weighted by atomic mass is 16.4. The normalized spacial score (nSPS) is 12.3. The zero-order valence-corrected chi connectivity index (χ0v) is 11.0. The Kier molecular flexibility index (Phi) is 4.02. The van der Waals surface area contributed by atoms with E-state index in [1.54, 1.807) is 12.1 Å². The average Bonchev–Trinajstić information content (AvgIpc) is 2.82. The molecule has 0 radical (unpaired) electrons. The van der Waals surface area contributed by atoms with Gasteiger partial charge in [-0.1, -0.05) is 12.1 Å². The number of hydrogen-bond donors (Lipinski definition) is 2. The van der Waals surface area contributed by atoms with E-state index in [0.717, 1.165) is 17.1 Å². The van der Waals surface area contributed by atoms with Gasteiger partial charge in [0.05, 0.1) is 12.1 Å². The Morgan fingerprint density at radius 1 is 1.26 bits per heavy atom. The number of rotatable bonds is 5. The second-order valence-electron chi connectivity index (χ2n) is 4.54. The summed E-state index contributed by atoms with van der Waals surface area (Å²) in [5, 5.41) is 12.2. The van der Waals surface area contributed by atoms with Crippen LogP contribution in [0.15, 0.2) is 40.8 Å². The quantitative estimate of drug-likeness (QED) is 0.866. The first-order chi connectivity index (χ1) is 9.06. The number of nitrogens with one attached hydrogen (secondary N) is 1. The number of carbonyl (C=O) groups is 1. The second kappa shape index (κ2) is 5.71. The first-order valence-corrected chi connectivity index (χ1v) is 6.18. The van der Waals surface area contributed by atoms with Gasteiger partial charge in [-0.15, -0.1) is 0 Å². The van der Waals surface area contributed by atoms with Crippen LogP contribution in [0.1, 0.15) is 40.4 Å². The largest absolute Gasteiger partial charge is 0.478 e. The van der Waals surface area contributed by atoms with Crippen molar-refractivity contribution in [3.63, 3.8) is 0 Å². The highest BCUT2D eigenvalue weighted by molar-refractivity contribution is 5.87. The summed E-state index contributed by atoms with van der Waals surface area (Å²) in [6.45, 7) is 4.60. The lowest BCUT2D eigenvalue weighted by atomic mass is 10.1. The minimum atomic E-state index is -0.904. The van der Waals surface area contributed by atoms with E-state index in [2.05, 4.69) is 5.32 Å². The molecule has 2 N–H and O–H groups in total. The maximum absolute atomic E-state index is 10.8. The van der Waals surface area contributed by atoms with Gasteiger partial charge in [0.1, 0.15) is 11.5 Å². The fourth-order valence-electron chi connectivity index (χ4n) is 1.87. The molecule has 0 saturated carbocycles. The summed E-state index contributed by atoms with van der Waals surface area (Å²) in [5.74, 6) is 0.889. The molecule has 2 rings (SSSR count). The van der Waals surface area contributed by atoms with Gasteiger partial charge in [-0.25, -0.2) is 4.79 Å². The van der Waals surface area contributed by atoms with E-state index >= 15 is 0 Å². The van der Waals surface area contributed by atoms with E-state index in [1.807, 2.05) is 38.1 Å². The number of hydrogen-bond acceptors (Lipinski definition) is 3. The molecule has 0 aliphatic heterocycles.